The number of carbonyl (C=O) groups excluding carboxylic acids is 4. The SMILES string of the molecule is O=C(O)CNC(=O)C1=C(O)c2cc(Cl)ccc2[C@@]2(CCCO2)C1=O.O=C(O)CNC(=O)C1=C(O)c2cc(Cl)ccc2[C@]2(CCCO2)C1=O. The van der Waals surface area contributed by atoms with E-state index >= 15 is 0 Å². The number of halogens is 2. The van der Waals surface area contributed by atoms with Crippen molar-refractivity contribution in [2.45, 2.75) is 36.9 Å². The van der Waals surface area contributed by atoms with E-state index in [0.29, 0.717) is 60.1 Å². The van der Waals surface area contributed by atoms with E-state index in [1.54, 1.807) is 24.3 Å². The van der Waals surface area contributed by atoms with Crippen LogP contribution in [0.1, 0.15) is 47.9 Å². The predicted molar refractivity (Wildman–Crippen MR) is 167 cm³/mol. The third kappa shape index (κ3) is 6.03. The van der Waals surface area contributed by atoms with Gasteiger partial charge in [-0.25, -0.2) is 0 Å². The molecule has 4 aliphatic rings. The molecule has 0 bridgehead atoms. The topological polar surface area (TPSA) is 226 Å². The van der Waals surface area contributed by atoms with Gasteiger partial charge in [-0.15, -0.1) is 0 Å². The van der Waals surface area contributed by atoms with Gasteiger partial charge in [-0.2, -0.15) is 0 Å². The van der Waals surface area contributed by atoms with Gasteiger partial charge in [0, 0.05) is 45.5 Å². The van der Waals surface area contributed by atoms with Gasteiger partial charge >= 0.3 is 11.9 Å². The number of aliphatic carboxylic acids is 2. The van der Waals surface area contributed by atoms with Crippen molar-refractivity contribution in [2.75, 3.05) is 26.3 Å². The number of aliphatic hydroxyl groups is 2. The van der Waals surface area contributed by atoms with Gasteiger partial charge in [0.05, 0.1) is 0 Å². The Bertz CT molecular complexity index is 1690. The van der Waals surface area contributed by atoms with E-state index in [4.69, 9.17) is 42.9 Å². The average molecular weight is 703 g/mol. The van der Waals surface area contributed by atoms with Gasteiger partial charge in [-0.05, 0) is 49.9 Å². The van der Waals surface area contributed by atoms with E-state index in [-0.39, 0.29) is 11.1 Å². The maximum atomic E-state index is 12.9. The molecule has 16 heteroatoms. The highest BCUT2D eigenvalue weighted by Crippen LogP contribution is 2.48. The number of hydrogen-bond acceptors (Lipinski definition) is 10. The van der Waals surface area contributed by atoms with Gasteiger partial charge in [0.25, 0.3) is 11.8 Å². The molecule has 6 N–H and O–H groups in total. The quantitative estimate of drug-likeness (QED) is 0.239. The number of ketones is 2. The van der Waals surface area contributed by atoms with Crippen LogP contribution in [0.25, 0.3) is 11.5 Å². The number of ether oxygens (including phenoxy) is 2. The first-order valence-electron chi connectivity index (χ1n) is 14.6. The van der Waals surface area contributed by atoms with Crippen molar-refractivity contribution in [2.24, 2.45) is 0 Å². The van der Waals surface area contributed by atoms with Crippen LogP contribution in [0.4, 0.5) is 0 Å². The Morgan fingerprint density at radius 2 is 1.06 bits per heavy atom. The molecule has 2 heterocycles. The number of aliphatic hydroxyl groups excluding tert-OH is 2. The Labute approximate surface area is 281 Å². The maximum absolute atomic E-state index is 12.9. The minimum absolute atomic E-state index is 0.240. The molecule has 2 aliphatic heterocycles. The van der Waals surface area contributed by atoms with Gasteiger partial charge in [-0.3, -0.25) is 28.8 Å². The average Bonchev–Trinajstić information content (AvgIpc) is 3.74. The summed E-state index contributed by atoms with van der Waals surface area (Å²) in [7, 11) is 0. The fraction of sp³-hybridized carbons (Fsp3) is 0.312. The maximum Gasteiger partial charge on any atom is 0.322 e. The van der Waals surface area contributed by atoms with E-state index < -0.39 is 82.3 Å². The number of benzene rings is 2. The lowest BCUT2D eigenvalue weighted by Gasteiger charge is -2.34. The van der Waals surface area contributed by atoms with Crippen LogP contribution in [-0.4, -0.2) is 82.0 Å². The molecule has 48 heavy (non-hydrogen) atoms. The molecule has 2 saturated heterocycles. The van der Waals surface area contributed by atoms with E-state index in [2.05, 4.69) is 10.6 Å². The lowest BCUT2D eigenvalue weighted by Crippen LogP contribution is -2.45. The largest absolute Gasteiger partial charge is 0.506 e. The van der Waals surface area contributed by atoms with Crippen molar-refractivity contribution >= 4 is 70.0 Å². The first-order chi connectivity index (χ1) is 22.7. The van der Waals surface area contributed by atoms with Crippen molar-refractivity contribution in [1.29, 1.82) is 0 Å². The van der Waals surface area contributed by atoms with Gasteiger partial charge in [-0.1, -0.05) is 35.3 Å². The molecule has 0 unspecified atom stereocenters. The van der Waals surface area contributed by atoms with Crippen LogP contribution in [0.2, 0.25) is 10.0 Å². The highest BCUT2D eigenvalue weighted by atomic mass is 35.5. The normalized spacial score (nSPS) is 22.6. The molecule has 252 valence electrons. The van der Waals surface area contributed by atoms with Crippen molar-refractivity contribution < 1.29 is 58.7 Å². The lowest BCUT2D eigenvalue weighted by molar-refractivity contribution is -0.140. The zero-order valence-electron chi connectivity index (χ0n) is 24.9. The molecule has 2 fully saturated rings. The smallest absolute Gasteiger partial charge is 0.322 e. The molecule has 2 spiro atoms. The van der Waals surface area contributed by atoms with Crippen LogP contribution in [0.3, 0.4) is 0 Å². The summed E-state index contributed by atoms with van der Waals surface area (Å²) in [5.41, 5.74) is -2.30. The number of rotatable bonds is 6. The Morgan fingerprint density at radius 1 is 0.688 bits per heavy atom. The zero-order valence-corrected chi connectivity index (χ0v) is 26.4. The number of carboxylic acid groups (broad SMARTS) is 2. The van der Waals surface area contributed by atoms with Gasteiger partial charge in [0.1, 0.15) is 35.8 Å². The second-order valence-corrected chi connectivity index (χ2v) is 12.1. The number of hydrogen-bond donors (Lipinski definition) is 6. The van der Waals surface area contributed by atoms with Crippen LogP contribution in [0.15, 0.2) is 47.5 Å². The molecule has 6 rings (SSSR count). The van der Waals surface area contributed by atoms with Gasteiger partial charge in [0.2, 0.25) is 11.6 Å². The van der Waals surface area contributed by atoms with E-state index in [1.807, 2.05) is 0 Å². The molecule has 0 aromatic heterocycles. The number of carboxylic acids is 2. The fourth-order valence-corrected chi connectivity index (χ4v) is 6.58. The molecule has 2 aliphatic carbocycles. The van der Waals surface area contributed by atoms with Crippen molar-refractivity contribution in [3.63, 3.8) is 0 Å². The monoisotopic (exact) mass is 702 g/mol. The Hall–Kier alpha value is -4.76. The Kier molecular flexibility index (Phi) is 9.65. The molecule has 0 radical (unpaired) electrons. The third-order valence-corrected chi connectivity index (χ3v) is 8.77. The molecule has 2 aromatic carbocycles. The first-order valence-corrected chi connectivity index (χ1v) is 15.3. The molecule has 14 nitrogen and oxygen atoms in total. The van der Waals surface area contributed by atoms with Crippen molar-refractivity contribution in [1.82, 2.24) is 10.6 Å². The molecule has 0 saturated carbocycles. The van der Waals surface area contributed by atoms with Gasteiger partial charge < -0.3 is 40.5 Å². The third-order valence-electron chi connectivity index (χ3n) is 8.30. The number of amides is 2. The minimum atomic E-state index is -1.35. The number of Topliss-reactive ketones (excluding diaryl/α,β-unsaturated/α-hetero) is 2. The second-order valence-electron chi connectivity index (χ2n) is 11.2. The van der Waals surface area contributed by atoms with Crippen LogP contribution >= 0.6 is 23.2 Å². The summed E-state index contributed by atoms with van der Waals surface area (Å²) >= 11 is 11.9. The van der Waals surface area contributed by atoms with E-state index in [1.165, 1.54) is 12.1 Å². The second kappa shape index (κ2) is 13.4. The summed E-state index contributed by atoms with van der Waals surface area (Å²) in [5, 5.41) is 43.1. The highest BCUT2D eigenvalue weighted by Gasteiger charge is 2.53. The molecular formula is C32H28Cl2N2O12. The van der Waals surface area contributed by atoms with E-state index in [0.717, 1.165) is 0 Å². The van der Waals surface area contributed by atoms with Crippen LogP contribution in [-0.2, 0) is 49.4 Å². The summed E-state index contributed by atoms with van der Waals surface area (Å²) < 4.78 is 11.4. The summed E-state index contributed by atoms with van der Waals surface area (Å²) in [6, 6.07) is 9.27. The Morgan fingerprint density at radius 3 is 1.38 bits per heavy atom. The first kappa shape index (κ1) is 34.6. The Balaban J connectivity index is 0.000000188. The van der Waals surface area contributed by atoms with Crippen LogP contribution in [0, 0.1) is 0 Å². The molecule has 2 aromatic rings. The van der Waals surface area contributed by atoms with Crippen molar-refractivity contribution in [3.05, 3.63) is 79.8 Å². The zero-order chi connectivity index (χ0) is 35.0. The van der Waals surface area contributed by atoms with Gasteiger partial charge in [0.15, 0.2) is 11.2 Å². The minimum Gasteiger partial charge on any atom is -0.506 e. The number of nitrogens with one attached hydrogen (secondary N) is 2. The number of carbonyl (C=O) groups is 6. The van der Waals surface area contributed by atoms with Crippen molar-refractivity contribution in [3.8, 4) is 0 Å². The van der Waals surface area contributed by atoms with E-state index in [9.17, 15) is 39.0 Å². The standard InChI is InChI=1S/2C16H14ClNO6/c2*17-8-2-3-10-9(6-8)13(21)12(15(23)18-7-11(19)20)14(22)16(10)4-1-5-24-16/h2*2-3,6,21H,1,4-5,7H2,(H,18,23)(H,19,20)/t2*16-/m10/s1. The predicted octanol–water partition coefficient (Wildman–Crippen LogP) is 2.80. The summed E-state index contributed by atoms with van der Waals surface area (Å²) in [4.78, 5) is 71.6. The summed E-state index contributed by atoms with van der Waals surface area (Å²) in [6.45, 7) is -0.643. The summed E-state index contributed by atoms with van der Waals surface area (Å²) in [5.74, 6) is -6.84. The molecular weight excluding hydrogens is 675 g/mol. The van der Waals surface area contributed by atoms with Crippen LogP contribution < -0.4 is 10.6 Å². The summed E-state index contributed by atoms with van der Waals surface area (Å²) in [6.07, 6.45) is 1.98. The molecule has 2 amide bonds. The fourth-order valence-electron chi connectivity index (χ4n) is 6.23. The highest BCUT2D eigenvalue weighted by molar-refractivity contribution is 6.32. The number of fused-ring (bicyclic) bond motifs is 4. The molecule has 2 atom stereocenters. The lowest BCUT2D eigenvalue weighted by atomic mass is 9.75. The van der Waals surface area contributed by atoms with Crippen LogP contribution in [0.5, 0.6) is 0 Å².